The van der Waals surface area contributed by atoms with E-state index in [4.69, 9.17) is 24.5 Å². The molecule has 9 nitrogen and oxygen atoms in total. The van der Waals surface area contributed by atoms with Crippen LogP contribution in [-0.2, 0) is 9.31 Å². The summed E-state index contributed by atoms with van der Waals surface area (Å²) < 4.78 is 22.0. The molecule has 0 bridgehead atoms. The predicted molar refractivity (Wildman–Crippen MR) is 146 cm³/mol. The van der Waals surface area contributed by atoms with Crippen LogP contribution in [0.4, 0.5) is 0 Å². The van der Waals surface area contributed by atoms with Crippen molar-refractivity contribution < 1.29 is 39.0 Å². The lowest BCUT2D eigenvalue weighted by atomic mass is 9.77. The Morgan fingerprint density at radius 2 is 1.24 bits per heavy atom. The van der Waals surface area contributed by atoms with Crippen LogP contribution in [0.25, 0.3) is 0 Å². The van der Waals surface area contributed by atoms with Crippen LogP contribution >= 0.6 is 0 Å². The molecule has 3 unspecified atom stereocenters. The van der Waals surface area contributed by atoms with Gasteiger partial charge >= 0.3 is 14.2 Å². The lowest BCUT2D eigenvalue weighted by molar-refractivity contribution is 0.123. The van der Waals surface area contributed by atoms with Crippen LogP contribution in [0.3, 0.4) is 0 Å². The maximum atomic E-state index is 9.99. The van der Waals surface area contributed by atoms with Crippen LogP contribution in [0, 0.1) is 13.8 Å². The summed E-state index contributed by atoms with van der Waals surface area (Å²) in [6, 6.07) is 7.46. The van der Waals surface area contributed by atoms with Gasteiger partial charge in [0.2, 0.25) is 0 Å². The predicted octanol–water partition coefficient (Wildman–Crippen LogP) is 1.03. The van der Waals surface area contributed by atoms with Gasteiger partial charge in [0.15, 0.2) is 0 Å². The summed E-state index contributed by atoms with van der Waals surface area (Å²) in [5, 5.41) is 38.4. The summed E-state index contributed by atoms with van der Waals surface area (Å²) in [6.45, 7) is 9.97. The minimum absolute atomic E-state index is 0. The lowest BCUT2D eigenvalue weighted by Crippen LogP contribution is -2.31. The van der Waals surface area contributed by atoms with E-state index in [1.165, 1.54) is 0 Å². The number of hydrogen-bond acceptors (Lipinski definition) is 9. The fraction of sp³-hybridized carbons (Fsp3) is 0.538. The molecule has 6 N–H and O–H groups in total. The minimum Gasteiger partial charge on any atom is -0.491 e. The number of fused-ring (bicyclic) bond motifs is 2. The number of aliphatic hydroxyl groups excluding tert-OH is 2. The molecule has 2 aliphatic rings. The van der Waals surface area contributed by atoms with Crippen LogP contribution < -0.4 is 26.1 Å². The number of nitrogens with two attached hydrogens (primary N) is 1. The highest BCUT2D eigenvalue weighted by Gasteiger charge is 2.39. The Hall–Kier alpha value is -2.11. The van der Waals surface area contributed by atoms with Crippen LogP contribution in [0.15, 0.2) is 24.3 Å². The summed E-state index contributed by atoms with van der Waals surface area (Å²) >= 11 is 0. The molecule has 4 rings (SSSR count). The van der Waals surface area contributed by atoms with E-state index in [-0.39, 0.29) is 32.8 Å². The Kier molecular flexibility index (Phi) is 11.4. The smallest absolute Gasteiger partial charge is 0.491 e. The molecule has 204 valence electrons. The fourth-order valence-electron chi connectivity index (χ4n) is 4.54. The van der Waals surface area contributed by atoms with Crippen molar-refractivity contribution in [3.8, 4) is 11.5 Å². The summed E-state index contributed by atoms with van der Waals surface area (Å²) in [4.78, 5) is 0. The van der Waals surface area contributed by atoms with E-state index >= 15 is 0 Å². The zero-order valence-corrected chi connectivity index (χ0v) is 21.6. The monoisotopic (exact) mass is 517 g/mol. The quantitative estimate of drug-likeness (QED) is 0.325. The van der Waals surface area contributed by atoms with Crippen molar-refractivity contribution >= 4 is 25.2 Å². The average molecular weight is 517 g/mol. The van der Waals surface area contributed by atoms with Gasteiger partial charge in [-0.05, 0) is 68.5 Å². The van der Waals surface area contributed by atoms with Crippen LogP contribution in [0.5, 0.6) is 11.5 Å². The molecule has 0 spiro atoms. The first-order valence-electron chi connectivity index (χ1n) is 12.3. The third kappa shape index (κ3) is 7.06. The van der Waals surface area contributed by atoms with Gasteiger partial charge in [0, 0.05) is 17.5 Å². The molecule has 4 atom stereocenters. The Balaban J connectivity index is 0.000000253. The maximum Gasteiger partial charge on any atom is 0.495 e. The molecule has 2 aromatic rings. The third-order valence-corrected chi connectivity index (χ3v) is 6.20. The van der Waals surface area contributed by atoms with Crippen molar-refractivity contribution in [2.75, 3.05) is 19.8 Å². The van der Waals surface area contributed by atoms with Crippen molar-refractivity contribution in [2.45, 2.75) is 72.9 Å². The van der Waals surface area contributed by atoms with Crippen molar-refractivity contribution in [1.29, 1.82) is 0 Å². The van der Waals surface area contributed by atoms with E-state index in [0.29, 0.717) is 29.0 Å². The van der Waals surface area contributed by atoms with Crippen LogP contribution in [-0.4, -0.2) is 66.5 Å². The number of rotatable bonds is 8. The highest BCUT2D eigenvalue weighted by Crippen LogP contribution is 2.33. The molecular formula is C26H41B2NO8. The summed E-state index contributed by atoms with van der Waals surface area (Å²) in [7, 11) is -1.95. The first-order valence-corrected chi connectivity index (χ1v) is 12.3. The van der Waals surface area contributed by atoms with E-state index in [0.717, 1.165) is 28.7 Å². The number of benzene rings is 2. The molecular weight excluding hydrogens is 476 g/mol. The molecule has 11 heteroatoms. The topological polar surface area (TPSA) is 144 Å². The summed E-state index contributed by atoms with van der Waals surface area (Å²) in [6.07, 6.45) is -0.671. The van der Waals surface area contributed by atoms with Gasteiger partial charge in [-0.2, -0.15) is 0 Å². The number of aryl methyl sites for hydroxylation is 2. The van der Waals surface area contributed by atoms with Gasteiger partial charge in [-0.25, -0.2) is 0 Å². The largest absolute Gasteiger partial charge is 0.495 e. The van der Waals surface area contributed by atoms with Crippen molar-refractivity contribution in [3.63, 3.8) is 0 Å². The van der Waals surface area contributed by atoms with Gasteiger partial charge in [0.1, 0.15) is 24.7 Å². The third-order valence-electron chi connectivity index (χ3n) is 6.20. The van der Waals surface area contributed by atoms with Crippen LogP contribution in [0.1, 0.15) is 69.1 Å². The number of aliphatic hydroxyl groups is 2. The zero-order chi connectivity index (χ0) is 26.6. The molecule has 2 heterocycles. The van der Waals surface area contributed by atoms with Gasteiger partial charge in [-0.1, -0.05) is 26.5 Å². The van der Waals surface area contributed by atoms with Crippen molar-refractivity contribution in [3.05, 3.63) is 46.5 Å². The van der Waals surface area contributed by atoms with E-state index < -0.39 is 26.4 Å². The Bertz CT molecular complexity index is 955. The normalized spacial score (nSPS) is 19.3. The molecule has 0 fully saturated rings. The highest BCUT2D eigenvalue weighted by molar-refractivity contribution is 6.63. The molecule has 0 amide bonds. The molecule has 0 saturated carbocycles. The molecule has 0 aromatic heterocycles. The second kappa shape index (κ2) is 13.6. The average Bonchev–Trinajstić information content (AvgIpc) is 3.36. The first-order chi connectivity index (χ1) is 17.1. The summed E-state index contributed by atoms with van der Waals surface area (Å²) in [5.41, 5.74) is 11.0. The molecule has 0 saturated heterocycles. The van der Waals surface area contributed by atoms with Crippen molar-refractivity contribution in [1.82, 2.24) is 0 Å². The molecule has 0 aliphatic carbocycles. The van der Waals surface area contributed by atoms with E-state index in [1.54, 1.807) is 19.9 Å². The van der Waals surface area contributed by atoms with Gasteiger partial charge in [-0.15, -0.1) is 0 Å². The SMILES string of the molecule is C.CC[C@H]1OB(O)c2c(OCC(C)O)ccc(C)c21.Cc1ccc(OCC(C)O)c2c1C(CN)OB2O. The fourth-order valence-corrected chi connectivity index (χ4v) is 4.54. The minimum atomic E-state index is -1.02. The summed E-state index contributed by atoms with van der Waals surface area (Å²) in [5.74, 6) is 1.14. The van der Waals surface area contributed by atoms with E-state index in [2.05, 4.69) is 0 Å². The Morgan fingerprint density at radius 1 is 0.838 bits per heavy atom. The molecule has 2 aromatic carbocycles. The van der Waals surface area contributed by atoms with Gasteiger partial charge in [0.05, 0.1) is 24.4 Å². The lowest BCUT2D eigenvalue weighted by Gasteiger charge is -2.15. The Labute approximate surface area is 220 Å². The number of hydrogen-bond donors (Lipinski definition) is 5. The Morgan fingerprint density at radius 3 is 1.62 bits per heavy atom. The second-order valence-electron chi connectivity index (χ2n) is 9.33. The van der Waals surface area contributed by atoms with Gasteiger partial charge in [0.25, 0.3) is 0 Å². The molecule has 2 aliphatic heterocycles. The molecule has 0 radical (unpaired) electrons. The standard InChI is InChI=1S/C13H19BO4.C12H18BNO4.CH4/c1-4-10-12-8(2)5-6-11(17-7-9(3)15)13(12)14(16)18-10;1-7-3-4-9(17-6-8(2)15)12-11(7)10(5-14)18-13(12)16;/h5-6,9-10,15-16H,4,7H2,1-3H3;3-4,8,10,15-16H,5-6,14H2,1-2H3;1H4/t9?,10-;;/m1../s1. The van der Waals surface area contributed by atoms with Gasteiger partial charge < -0.3 is 44.8 Å². The first kappa shape index (κ1) is 31.1. The van der Waals surface area contributed by atoms with Gasteiger partial charge in [-0.3, -0.25) is 0 Å². The molecule has 37 heavy (non-hydrogen) atoms. The maximum absolute atomic E-state index is 9.99. The zero-order valence-electron chi connectivity index (χ0n) is 21.6. The highest BCUT2D eigenvalue weighted by atomic mass is 16.5. The number of ether oxygens (including phenoxy) is 2. The second-order valence-corrected chi connectivity index (χ2v) is 9.33. The van der Waals surface area contributed by atoms with E-state index in [9.17, 15) is 20.3 Å². The van der Waals surface area contributed by atoms with Crippen LogP contribution in [0.2, 0.25) is 0 Å². The van der Waals surface area contributed by atoms with Crippen molar-refractivity contribution in [2.24, 2.45) is 5.73 Å². The van der Waals surface area contributed by atoms with E-state index in [1.807, 2.05) is 39.0 Å².